The minimum Gasteiger partial charge on any atom is -0.497 e. The standard InChI is InChI=1S/C21H22N2O6/c1-26-16-3-5-17(6-4-16)27-9-8-22-21(25)14-10-20(24)23(12-14)15-2-7-18-19(11-15)29-13-28-18/h2-7,11,14H,8-10,12-13H2,1H3,(H,22,25). The molecule has 0 spiro atoms. The van der Waals surface area contributed by atoms with E-state index in [1.54, 1.807) is 42.3 Å². The topological polar surface area (TPSA) is 86.3 Å². The Bertz CT molecular complexity index is 899. The summed E-state index contributed by atoms with van der Waals surface area (Å²) in [5.41, 5.74) is 0.706. The van der Waals surface area contributed by atoms with Gasteiger partial charge >= 0.3 is 0 Å². The summed E-state index contributed by atoms with van der Waals surface area (Å²) in [4.78, 5) is 26.5. The molecule has 0 radical (unpaired) electrons. The number of nitrogens with zero attached hydrogens (tertiary/aromatic N) is 1. The first-order valence-electron chi connectivity index (χ1n) is 9.38. The van der Waals surface area contributed by atoms with Crippen molar-refractivity contribution in [2.45, 2.75) is 6.42 Å². The van der Waals surface area contributed by atoms with Crippen LogP contribution in [-0.4, -0.2) is 45.4 Å². The second-order valence-electron chi connectivity index (χ2n) is 6.76. The van der Waals surface area contributed by atoms with Crippen LogP contribution in [0.5, 0.6) is 23.0 Å². The zero-order chi connectivity index (χ0) is 20.2. The number of carbonyl (C=O) groups excluding carboxylic acids is 2. The molecule has 152 valence electrons. The molecule has 2 amide bonds. The third-order valence-electron chi connectivity index (χ3n) is 4.89. The van der Waals surface area contributed by atoms with Crippen molar-refractivity contribution < 1.29 is 28.5 Å². The Hall–Kier alpha value is -3.42. The van der Waals surface area contributed by atoms with Crippen molar-refractivity contribution >= 4 is 17.5 Å². The number of methoxy groups -OCH3 is 1. The molecule has 1 saturated heterocycles. The summed E-state index contributed by atoms with van der Waals surface area (Å²) >= 11 is 0. The molecule has 0 aliphatic carbocycles. The van der Waals surface area contributed by atoms with Gasteiger partial charge in [0, 0.05) is 24.7 Å². The SMILES string of the molecule is COc1ccc(OCCNC(=O)C2CC(=O)N(c3ccc4c(c3)OCO4)C2)cc1. The van der Waals surface area contributed by atoms with Crippen LogP contribution >= 0.6 is 0 Å². The number of amides is 2. The minimum atomic E-state index is -0.395. The molecule has 0 aromatic heterocycles. The number of ether oxygens (including phenoxy) is 4. The molecular formula is C21H22N2O6. The Labute approximate surface area is 168 Å². The molecule has 1 N–H and O–H groups in total. The molecule has 2 aromatic rings. The summed E-state index contributed by atoms with van der Waals surface area (Å²) in [6.07, 6.45) is 0.180. The smallest absolute Gasteiger partial charge is 0.231 e. The predicted octanol–water partition coefficient (Wildman–Crippen LogP) is 1.97. The molecule has 2 aliphatic heterocycles. The third kappa shape index (κ3) is 4.21. The van der Waals surface area contributed by atoms with E-state index in [9.17, 15) is 9.59 Å². The zero-order valence-corrected chi connectivity index (χ0v) is 16.1. The van der Waals surface area contributed by atoms with Gasteiger partial charge in [-0.05, 0) is 36.4 Å². The van der Waals surface area contributed by atoms with Gasteiger partial charge in [-0.15, -0.1) is 0 Å². The molecule has 1 fully saturated rings. The van der Waals surface area contributed by atoms with E-state index in [0.717, 1.165) is 5.75 Å². The highest BCUT2D eigenvalue weighted by Gasteiger charge is 2.35. The fraction of sp³-hybridized carbons (Fsp3) is 0.333. The molecule has 2 aliphatic rings. The highest BCUT2D eigenvalue weighted by molar-refractivity contribution is 6.00. The van der Waals surface area contributed by atoms with Crippen molar-refractivity contribution in [3.63, 3.8) is 0 Å². The first-order chi connectivity index (χ1) is 14.1. The van der Waals surface area contributed by atoms with Gasteiger partial charge in [-0.1, -0.05) is 0 Å². The first-order valence-corrected chi connectivity index (χ1v) is 9.38. The maximum Gasteiger partial charge on any atom is 0.231 e. The molecule has 2 heterocycles. The normalized spacial score (nSPS) is 17.3. The number of fused-ring (bicyclic) bond motifs is 1. The Balaban J connectivity index is 1.25. The summed E-state index contributed by atoms with van der Waals surface area (Å²) in [7, 11) is 1.60. The highest BCUT2D eigenvalue weighted by atomic mass is 16.7. The van der Waals surface area contributed by atoms with E-state index in [4.69, 9.17) is 18.9 Å². The van der Waals surface area contributed by atoms with Gasteiger partial charge in [0.2, 0.25) is 18.6 Å². The number of hydrogen-bond acceptors (Lipinski definition) is 6. The van der Waals surface area contributed by atoms with Gasteiger partial charge in [0.25, 0.3) is 0 Å². The molecule has 8 nitrogen and oxygen atoms in total. The third-order valence-corrected chi connectivity index (χ3v) is 4.89. The van der Waals surface area contributed by atoms with Crippen molar-refractivity contribution in [1.29, 1.82) is 0 Å². The Morgan fingerprint density at radius 1 is 1.14 bits per heavy atom. The van der Waals surface area contributed by atoms with Crippen LogP contribution in [0.15, 0.2) is 42.5 Å². The number of anilines is 1. The maximum atomic E-state index is 12.4. The molecule has 29 heavy (non-hydrogen) atoms. The van der Waals surface area contributed by atoms with Crippen molar-refractivity contribution in [2.24, 2.45) is 5.92 Å². The number of hydrogen-bond donors (Lipinski definition) is 1. The predicted molar refractivity (Wildman–Crippen MR) is 105 cm³/mol. The number of rotatable bonds is 7. The molecule has 8 heteroatoms. The van der Waals surface area contributed by atoms with Crippen LogP contribution in [0.3, 0.4) is 0 Å². The van der Waals surface area contributed by atoms with Gasteiger partial charge in [-0.3, -0.25) is 9.59 Å². The van der Waals surface area contributed by atoms with Gasteiger partial charge < -0.3 is 29.2 Å². The van der Waals surface area contributed by atoms with Crippen LogP contribution in [0.25, 0.3) is 0 Å². The fourth-order valence-electron chi connectivity index (χ4n) is 3.35. The number of benzene rings is 2. The van der Waals surface area contributed by atoms with Crippen LogP contribution in [-0.2, 0) is 9.59 Å². The van der Waals surface area contributed by atoms with Crippen molar-refractivity contribution in [1.82, 2.24) is 5.32 Å². The van der Waals surface area contributed by atoms with E-state index < -0.39 is 5.92 Å². The first kappa shape index (κ1) is 18.9. The summed E-state index contributed by atoms with van der Waals surface area (Å²) in [5, 5.41) is 2.84. The van der Waals surface area contributed by atoms with Gasteiger partial charge in [0.15, 0.2) is 11.5 Å². The average molecular weight is 398 g/mol. The average Bonchev–Trinajstić information content (AvgIpc) is 3.37. The lowest BCUT2D eigenvalue weighted by atomic mass is 10.1. The maximum absolute atomic E-state index is 12.4. The lowest BCUT2D eigenvalue weighted by molar-refractivity contribution is -0.126. The fourth-order valence-corrected chi connectivity index (χ4v) is 3.35. The molecular weight excluding hydrogens is 376 g/mol. The van der Waals surface area contributed by atoms with Crippen molar-refractivity contribution in [3.05, 3.63) is 42.5 Å². The van der Waals surface area contributed by atoms with E-state index in [0.29, 0.717) is 42.6 Å². The van der Waals surface area contributed by atoms with E-state index in [-0.39, 0.29) is 25.0 Å². The van der Waals surface area contributed by atoms with Crippen molar-refractivity contribution in [2.75, 3.05) is 38.5 Å². The molecule has 0 saturated carbocycles. The minimum absolute atomic E-state index is 0.0847. The van der Waals surface area contributed by atoms with Crippen LogP contribution in [0, 0.1) is 5.92 Å². The summed E-state index contributed by atoms with van der Waals surface area (Å²) in [5.74, 6) is 2.09. The monoisotopic (exact) mass is 398 g/mol. The second kappa shape index (κ2) is 8.30. The quantitative estimate of drug-likeness (QED) is 0.718. The molecule has 1 unspecified atom stereocenters. The van der Waals surface area contributed by atoms with Gasteiger partial charge in [0.1, 0.15) is 18.1 Å². The molecule has 0 bridgehead atoms. The lowest BCUT2D eigenvalue weighted by Crippen LogP contribution is -2.35. The summed E-state index contributed by atoms with van der Waals surface area (Å²) in [6, 6.07) is 12.6. The largest absolute Gasteiger partial charge is 0.497 e. The van der Waals surface area contributed by atoms with Gasteiger partial charge in [0.05, 0.1) is 19.6 Å². The van der Waals surface area contributed by atoms with Crippen molar-refractivity contribution in [3.8, 4) is 23.0 Å². The van der Waals surface area contributed by atoms with E-state index in [1.165, 1.54) is 0 Å². The molecule has 4 rings (SSSR count). The summed E-state index contributed by atoms with van der Waals surface area (Å²) in [6.45, 7) is 1.21. The van der Waals surface area contributed by atoms with E-state index in [2.05, 4.69) is 5.32 Å². The van der Waals surface area contributed by atoms with E-state index >= 15 is 0 Å². The van der Waals surface area contributed by atoms with E-state index in [1.807, 2.05) is 12.1 Å². The summed E-state index contributed by atoms with van der Waals surface area (Å²) < 4.78 is 21.4. The zero-order valence-electron chi connectivity index (χ0n) is 16.1. The second-order valence-corrected chi connectivity index (χ2v) is 6.76. The molecule has 2 aromatic carbocycles. The van der Waals surface area contributed by atoms with Crippen LogP contribution < -0.4 is 29.2 Å². The van der Waals surface area contributed by atoms with Crippen LogP contribution in [0.4, 0.5) is 5.69 Å². The van der Waals surface area contributed by atoms with Crippen LogP contribution in [0.1, 0.15) is 6.42 Å². The van der Waals surface area contributed by atoms with Gasteiger partial charge in [-0.2, -0.15) is 0 Å². The Morgan fingerprint density at radius 3 is 2.69 bits per heavy atom. The Morgan fingerprint density at radius 2 is 1.90 bits per heavy atom. The van der Waals surface area contributed by atoms with Crippen LogP contribution in [0.2, 0.25) is 0 Å². The molecule has 1 atom stereocenters. The number of carbonyl (C=O) groups is 2. The Kier molecular flexibility index (Phi) is 5.41. The van der Waals surface area contributed by atoms with Gasteiger partial charge in [-0.25, -0.2) is 0 Å². The highest BCUT2D eigenvalue weighted by Crippen LogP contribution is 2.37. The lowest BCUT2D eigenvalue weighted by Gasteiger charge is -2.17. The number of nitrogens with one attached hydrogen (secondary N) is 1.